The molecule has 0 unspecified atom stereocenters. The first-order valence-electron chi connectivity index (χ1n) is 5.29. The van der Waals surface area contributed by atoms with Crippen LogP contribution in [-0.4, -0.2) is 35.5 Å². The summed E-state index contributed by atoms with van der Waals surface area (Å²) in [5.74, 6) is 0.517. The lowest BCUT2D eigenvalue weighted by Crippen LogP contribution is -2.22. The van der Waals surface area contributed by atoms with Gasteiger partial charge in [0.25, 0.3) is 5.24 Å². The van der Waals surface area contributed by atoms with Crippen molar-refractivity contribution in [3.8, 4) is 0 Å². The van der Waals surface area contributed by atoms with Gasteiger partial charge in [-0.3, -0.25) is 4.79 Å². The van der Waals surface area contributed by atoms with Gasteiger partial charge in [-0.25, -0.2) is 4.79 Å². The SMILES string of the molecule is COC(=O)c1ccc(CN2CCSC2=O)cc1. The number of methoxy groups -OCH3 is 1. The van der Waals surface area contributed by atoms with Crippen LogP contribution in [0.3, 0.4) is 0 Å². The molecule has 0 N–H and O–H groups in total. The molecule has 1 saturated heterocycles. The molecule has 1 heterocycles. The average molecular weight is 251 g/mol. The first-order chi connectivity index (χ1) is 8.20. The summed E-state index contributed by atoms with van der Waals surface area (Å²) in [5.41, 5.74) is 1.55. The van der Waals surface area contributed by atoms with Gasteiger partial charge in [-0.05, 0) is 17.7 Å². The molecule has 0 radical (unpaired) electrons. The van der Waals surface area contributed by atoms with Gasteiger partial charge in [0.05, 0.1) is 12.7 Å². The van der Waals surface area contributed by atoms with E-state index in [0.29, 0.717) is 12.1 Å². The van der Waals surface area contributed by atoms with Gasteiger partial charge in [-0.1, -0.05) is 23.9 Å². The fourth-order valence-corrected chi connectivity index (χ4v) is 2.48. The molecule has 1 aromatic rings. The largest absolute Gasteiger partial charge is 0.465 e. The average Bonchev–Trinajstić information content (AvgIpc) is 2.75. The zero-order valence-corrected chi connectivity index (χ0v) is 10.3. The van der Waals surface area contributed by atoms with Crippen LogP contribution in [0.15, 0.2) is 24.3 Å². The van der Waals surface area contributed by atoms with Crippen LogP contribution in [0.5, 0.6) is 0 Å². The first kappa shape index (κ1) is 12.0. The molecule has 1 aromatic carbocycles. The van der Waals surface area contributed by atoms with Crippen molar-refractivity contribution < 1.29 is 14.3 Å². The molecule has 90 valence electrons. The highest BCUT2D eigenvalue weighted by molar-refractivity contribution is 8.13. The molecular weight excluding hydrogens is 238 g/mol. The van der Waals surface area contributed by atoms with Crippen molar-refractivity contribution in [2.24, 2.45) is 0 Å². The lowest BCUT2D eigenvalue weighted by molar-refractivity contribution is 0.0600. The zero-order chi connectivity index (χ0) is 12.3. The maximum atomic E-state index is 11.4. The van der Waals surface area contributed by atoms with Crippen LogP contribution >= 0.6 is 11.8 Å². The number of hydrogen-bond donors (Lipinski definition) is 0. The number of ether oxygens (including phenoxy) is 1. The minimum absolute atomic E-state index is 0.127. The van der Waals surface area contributed by atoms with Crippen LogP contribution in [0.4, 0.5) is 4.79 Å². The Morgan fingerprint density at radius 1 is 1.41 bits per heavy atom. The minimum Gasteiger partial charge on any atom is -0.465 e. The topological polar surface area (TPSA) is 46.6 Å². The summed E-state index contributed by atoms with van der Waals surface area (Å²) < 4.78 is 4.62. The molecule has 0 saturated carbocycles. The van der Waals surface area contributed by atoms with Crippen LogP contribution in [0.25, 0.3) is 0 Å². The van der Waals surface area contributed by atoms with Crippen LogP contribution in [-0.2, 0) is 11.3 Å². The summed E-state index contributed by atoms with van der Waals surface area (Å²) in [6.45, 7) is 1.40. The molecule has 0 aromatic heterocycles. The summed E-state index contributed by atoms with van der Waals surface area (Å²) in [7, 11) is 1.36. The Morgan fingerprint density at radius 3 is 2.65 bits per heavy atom. The van der Waals surface area contributed by atoms with Gasteiger partial charge < -0.3 is 9.64 Å². The lowest BCUT2D eigenvalue weighted by atomic mass is 10.1. The maximum absolute atomic E-state index is 11.4. The van der Waals surface area contributed by atoms with E-state index < -0.39 is 0 Å². The second-order valence-electron chi connectivity index (χ2n) is 3.72. The number of carbonyl (C=O) groups is 2. The molecule has 17 heavy (non-hydrogen) atoms. The standard InChI is InChI=1S/C12H13NO3S/c1-16-11(14)10-4-2-9(3-5-10)8-13-6-7-17-12(13)15/h2-5H,6-8H2,1H3. The van der Waals surface area contributed by atoms with Crippen LogP contribution in [0.2, 0.25) is 0 Å². The monoisotopic (exact) mass is 251 g/mol. The number of amides is 1. The molecule has 0 spiro atoms. The van der Waals surface area contributed by atoms with Crippen molar-refractivity contribution in [2.45, 2.75) is 6.54 Å². The molecule has 1 fully saturated rings. The minimum atomic E-state index is -0.343. The van der Waals surface area contributed by atoms with Crippen LogP contribution < -0.4 is 0 Å². The molecule has 5 heteroatoms. The Labute approximate surface area is 104 Å². The smallest absolute Gasteiger partial charge is 0.337 e. The Balaban J connectivity index is 2.03. The van der Waals surface area contributed by atoms with Gasteiger partial charge in [0.2, 0.25) is 0 Å². The molecule has 1 aliphatic rings. The zero-order valence-electron chi connectivity index (χ0n) is 9.51. The molecule has 0 bridgehead atoms. The number of thioether (sulfide) groups is 1. The van der Waals surface area contributed by atoms with E-state index >= 15 is 0 Å². The first-order valence-corrected chi connectivity index (χ1v) is 6.28. The highest BCUT2D eigenvalue weighted by Crippen LogP contribution is 2.20. The van der Waals surface area contributed by atoms with E-state index in [0.717, 1.165) is 17.9 Å². The van der Waals surface area contributed by atoms with Gasteiger partial charge in [0.15, 0.2) is 0 Å². The van der Waals surface area contributed by atoms with Crippen molar-refractivity contribution in [1.29, 1.82) is 0 Å². The van der Waals surface area contributed by atoms with E-state index in [1.165, 1.54) is 18.9 Å². The van der Waals surface area contributed by atoms with Gasteiger partial charge in [-0.2, -0.15) is 0 Å². The van der Waals surface area contributed by atoms with Crippen molar-refractivity contribution in [1.82, 2.24) is 4.90 Å². The molecule has 1 amide bonds. The highest BCUT2D eigenvalue weighted by atomic mass is 32.2. The van der Waals surface area contributed by atoms with Crippen molar-refractivity contribution in [3.05, 3.63) is 35.4 Å². The van der Waals surface area contributed by atoms with Gasteiger partial charge >= 0.3 is 5.97 Å². The molecule has 0 atom stereocenters. The van der Waals surface area contributed by atoms with E-state index in [9.17, 15) is 9.59 Å². The summed E-state index contributed by atoms with van der Waals surface area (Å²) >= 11 is 1.35. The summed E-state index contributed by atoms with van der Waals surface area (Å²) in [6.07, 6.45) is 0. The summed E-state index contributed by atoms with van der Waals surface area (Å²) in [4.78, 5) is 24.4. The quantitative estimate of drug-likeness (QED) is 0.772. The van der Waals surface area contributed by atoms with Crippen molar-refractivity contribution >= 4 is 23.0 Å². The van der Waals surface area contributed by atoms with E-state index in [4.69, 9.17) is 0 Å². The third-order valence-electron chi connectivity index (χ3n) is 2.59. The fourth-order valence-electron chi connectivity index (χ4n) is 1.65. The normalized spacial score (nSPS) is 15.1. The Morgan fingerprint density at radius 2 is 2.12 bits per heavy atom. The highest BCUT2D eigenvalue weighted by Gasteiger charge is 2.20. The Bertz CT molecular complexity index is 430. The number of carbonyl (C=O) groups excluding carboxylic acids is 2. The van der Waals surface area contributed by atoms with E-state index in [1.54, 1.807) is 17.0 Å². The maximum Gasteiger partial charge on any atom is 0.337 e. The number of hydrogen-bond acceptors (Lipinski definition) is 4. The second-order valence-corrected chi connectivity index (χ2v) is 4.77. The van der Waals surface area contributed by atoms with Crippen LogP contribution in [0.1, 0.15) is 15.9 Å². The predicted molar refractivity (Wildman–Crippen MR) is 66.0 cm³/mol. The van der Waals surface area contributed by atoms with E-state index in [-0.39, 0.29) is 11.2 Å². The van der Waals surface area contributed by atoms with E-state index in [2.05, 4.69) is 4.74 Å². The number of esters is 1. The third-order valence-corrected chi connectivity index (χ3v) is 3.49. The molecular formula is C12H13NO3S. The van der Waals surface area contributed by atoms with Crippen LogP contribution in [0, 0.1) is 0 Å². The van der Waals surface area contributed by atoms with Crippen molar-refractivity contribution in [2.75, 3.05) is 19.4 Å². The van der Waals surface area contributed by atoms with E-state index in [1.807, 2.05) is 12.1 Å². The number of nitrogens with zero attached hydrogens (tertiary/aromatic N) is 1. The Kier molecular flexibility index (Phi) is 3.68. The van der Waals surface area contributed by atoms with Gasteiger partial charge in [0, 0.05) is 18.8 Å². The number of benzene rings is 1. The predicted octanol–water partition coefficient (Wildman–Crippen LogP) is 2.14. The van der Waals surface area contributed by atoms with Crippen molar-refractivity contribution in [3.63, 3.8) is 0 Å². The Hall–Kier alpha value is -1.49. The summed E-state index contributed by atoms with van der Waals surface area (Å²) in [5, 5.41) is 0.127. The number of rotatable bonds is 3. The fraction of sp³-hybridized carbons (Fsp3) is 0.333. The molecule has 4 nitrogen and oxygen atoms in total. The second kappa shape index (κ2) is 5.23. The molecule has 2 rings (SSSR count). The molecule has 0 aliphatic carbocycles. The molecule has 1 aliphatic heterocycles. The lowest BCUT2D eigenvalue weighted by Gasteiger charge is -2.14. The summed E-state index contributed by atoms with van der Waals surface area (Å²) in [6, 6.07) is 7.13. The van der Waals surface area contributed by atoms with Gasteiger partial charge in [-0.15, -0.1) is 0 Å². The van der Waals surface area contributed by atoms with Gasteiger partial charge in [0.1, 0.15) is 0 Å². The third kappa shape index (κ3) is 2.79.